The molecule has 1 aromatic rings. The van der Waals surface area contributed by atoms with E-state index in [1.807, 2.05) is 6.92 Å². The number of hydrogen-bond donors (Lipinski definition) is 4. The van der Waals surface area contributed by atoms with E-state index in [2.05, 4.69) is 18.0 Å². The van der Waals surface area contributed by atoms with Crippen LogP contribution in [0.25, 0.3) is 11.0 Å². The Hall–Kier alpha value is -1.79. The van der Waals surface area contributed by atoms with Crippen molar-refractivity contribution in [3.63, 3.8) is 0 Å². The Balaban J connectivity index is 0.00000364. The van der Waals surface area contributed by atoms with Crippen LogP contribution < -0.4 is 11.5 Å². The number of aryl methyl sites for hydroxylation is 1. The van der Waals surface area contributed by atoms with Crippen LogP contribution in [-0.4, -0.2) is 24.0 Å². The first kappa shape index (κ1) is 23.3. The van der Waals surface area contributed by atoms with Gasteiger partial charge in [0.25, 0.3) is 0 Å². The summed E-state index contributed by atoms with van der Waals surface area (Å²) in [6, 6.07) is 0. The van der Waals surface area contributed by atoms with E-state index in [4.69, 9.17) is 27.6 Å². The number of hydrogen-bond acceptors (Lipinski definition) is 5. The number of aromatic nitrogens is 1. The smallest absolute Gasteiger partial charge is 0.132 e. The number of nitrogen functional groups attached to an aromatic ring is 1. The standard InChI is InChI=1S/C20H27N6.Y/c1-3-4-6-15(14(9-21)10-22)16-7-5-8-25-19(16)18-13(2)12-26-20(24)17(18)11-23;/h6,9-12,21,23H,3-5,7-8,22H2,1-2H3,(H2,24,26);/q-1;/b14-10+,15-6+,21-9?,23-11?;. The molecular weight excluding hydrogens is 413 g/mol. The van der Waals surface area contributed by atoms with E-state index in [0.29, 0.717) is 17.0 Å². The molecule has 6 N–H and O–H groups in total. The second-order valence-corrected chi connectivity index (χ2v) is 6.24. The Morgan fingerprint density at radius 3 is 2.70 bits per heavy atom. The van der Waals surface area contributed by atoms with Crippen LogP contribution in [0.2, 0.25) is 0 Å². The van der Waals surface area contributed by atoms with Crippen molar-refractivity contribution < 1.29 is 32.7 Å². The minimum atomic E-state index is 0. The molecule has 0 saturated heterocycles. The molecule has 0 aromatic carbocycles. The molecule has 141 valence electrons. The molecule has 1 aliphatic heterocycles. The van der Waals surface area contributed by atoms with Crippen molar-refractivity contribution in [3.8, 4) is 0 Å². The van der Waals surface area contributed by atoms with Gasteiger partial charge in [-0.05, 0) is 36.5 Å². The summed E-state index contributed by atoms with van der Waals surface area (Å²) in [6.45, 7) is 4.80. The van der Waals surface area contributed by atoms with Crippen molar-refractivity contribution in [2.75, 3.05) is 12.3 Å². The van der Waals surface area contributed by atoms with Crippen LogP contribution in [0.1, 0.15) is 49.3 Å². The average molecular weight is 440 g/mol. The van der Waals surface area contributed by atoms with E-state index in [-0.39, 0.29) is 32.7 Å². The van der Waals surface area contributed by atoms with E-state index < -0.39 is 0 Å². The Morgan fingerprint density at radius 1 is 1.37 bits per heavy atom. The number of allylic oxidation sites excluding steroid dienone is 4. The minimum Gasteiger partial charge on any atom is -0.684 e. The molecule has 0 atom stereocenters. The number of pyridine rings is 1. The molecule has 0 fully saturated rings. The van der Waals surface area contributed by atoms with Gasteiger partial charge in [-0.2, -0.15) is 0 Å². The first-order chi connectivity index (χ1) is 12.6. The summed E-state index contributed by atoms with van der Waals surface area (Å²) in [4.78, 5) is 4.17. The van der Waals surface area contributed by atoms with Gasteiger partial charge in [0.2, 0.25) is 0 Å². The second kappa shape index (κ2) is 11.1. The predicted octanol–water partition coefficient (Wildman–Crippen LogP) is 4.06. The van der Waals surface area contributed by atoms with Crippen molar-refractivity contribution in [1.82, 2.24) is 4.98 Å². The molecule has 0 spiro atoms. The van der Waals surface area contributed by atoms with Crippen molar-refractivity contribution in [2.24, 2.45) is 5.73 Å². The summed E-state index contributed by atoms with van der Waals surface area (Å²) >= 11 is 0. The van der Waals surface area contributed by atoms with Gasteiger partial charge in [0.1, 0.15) is 5.82 Å². The Morgan fingerprint density at radius 2 is 2.11 bits per heavy atom. The van der Waals surface area contributed by atoms with Crippen molar-refractivity contribution in [3.05, 3.63) is 57.2 Å². The van der Waals surface area contributed by atoms with Gasteiger partial charge in [-0.3, -0.25) is 0 Å². The Bertz CT molecular complexity index is 792. The summed E-state index contributed by atoms with van der Waals surface area (Å²) in [7, 11) is 0. The maximum atomic E-state index is 7.79. The van der Waals surface area contributed by atoms with Crippen LogP contribution in [0.4, 0.5) is 5.82 Å². The fraction of sp³-hybridized carbons (Fsp3) is 0.350. The molecule has 7 heteroatoms. The summed E-state index contributed by atoms with van der Waals surface area (Å²) in [6.07, 6.45) is 11.5. The van der Waals surface area contributed by atoms with Gasteiger partial charge in [-0.15, -0.1) is 12.2 Å². The quantitative estimate of drug-likeness (QED) is 0.377. The van der Waals surface area contributed by atoms with Crippen LogP contribution in [0.3, 0.4) is 0 Å². The second-order valence-electron chi connectivity index (χ2n) is 6.24. The van der Waals surface area contributed by atoms with E-state index in [9.17, 15) is 0 Å². The van der Waals surface area contributed by atoms with Gasteiger partial charge in [0.05, 0.1) is 0 Å². The fourth-order valence-electron chi connectivity index (χ4n) is 3.17. The number of rotatable bonds is 7. The number of anilines is 1. The van der Waals surface area contributed by atoms with Crippen LogP contribution in [0, 0.1) is 17.7 Å². The normalized spacial score (nSPS) is 15.0. The SMILES string of the molecule is CCC/C=C(C1=C(c2c(C)cnc(N)c2C=N)[N-]CCC1)\C(C=N)=C\N.[Y]. The van der Waals surface area contributed by atoms with Crippen molar-refractivity contribution in [2.45, 2.75) is 39.5 Å². The number of nitrogens with two attached hydrogens (primary N) is 2. The molecule has 1 aliphatic rings. The monoisotopic (exact) mass is 440 g/mol. The molecule has 6 nitrogen and oxygen atoms in total. The van der Waals surface area contributed by atoms with E-state index in [1.165, 1.54) is 18.6 Å². The molecule has 0 saturated carbocycles. The maximum absolute atomic E-state index is 7.79. The summed E-state index contributed by atoms with van der Waals surface area (Å²) < 4.78 is 0. The first-order valence-electron chi connectivity index (χ1n) is 8.88. The molecule has 1 radical (unpaired) electrons. The van der Waals surface area contributed by atoms with E-state index in [0.717, 1.165) is 60.2 Å². The number of unbranched alkanes of at least 4 members (excludes halogenated alkanes) is 1. The minimum absolute atomic E-state index is 0. The average Bonchev–Trinajstić information content (AvgIpc) is 2.67. The third-order valence-corrected chi connectivity index (χ3v) is 4.47. The van der Waals surface area contributed by atoms with Crippen LogP contribution in [-0.2, 0) is 32.7 Å². The van der Waals surface area contributed by atoms with Gasteiger partial charge in [0, 0.05) is 68.7 Å². The van der Waals surface area contributed by atoms with Crippen LogP contribution >= 0.6 is 0 Å². The van der Waals surface area contributed by atoms with E-state index in [1.54, 1.807) is 6.20 Å². The zero-order valence-corrected chi connectivity index (χ0v) is 18.9. The van der Waals surface area contributed by atoms with Crippen LogP contribution in [0.15, 0.2) is 35.2 Å². The largest absolute Gasteiger partial charge is 0.684 e. The first-order valence-corrected chi connectivity index (χ1v) is 8.88. The molecule has 0 unspecified atom stereocenters. The van der Waals surface area contributed by atoms with Crippen LogP contribution in [0.5, 0.6) is 0 Å². The van der Waals surface area contributed by atoms with E-state index >= 15 is 0 Å². The van der Waals surface area contributed by atoms with Crippen molar-refractivity contribution >= 4 is 23.9 Å². The topological polar surface area (TPSA) is 127 Å². The Labute approximate surface area is 186 Å². The molecule has 0 amide bonds. The predicted molar refractivity (Wildman–Crippen MR) is 110 cm³/mol. The molecular formula is C20H27N6Y-. The van der Waals surface area contributed by atoms with Gasteiger partial charge in [0.15, 0.2) is 0 Å². The molecule has 27 heavy (non-hydrogen) atoms. The summed E-state index contributed by atoms with van der Waals surface area (Å²) in [5, 5.41) is 20.3. The van der Waals surface area contributed by atoms with Gasteiger partial charge >= 0.3 is 0 Å². The fourth-order valence-corrected chi connectivity index (χ4v) is 3.17. The van der Waals surface area contributed by atoms with Crippen molar-refractivity contribution in [1.29, 1.82) is 10.8 Å². The molecule has 0 aliphatic carbocycles. The summed E-state index contributed by atoms with van der Waals surface area (Å²) in [5.41, 5.74) is 17.7. The van der Waals surface area contributed by atoms with Gasteiger partial charge < -0.3 is 27.6 Å². The third kappa shape index (κ3) is 5.14. The molecule has 1 aromatic heterocycles. The summed E-state index contributed by atoms with van der Waals surface area (Å²) in [5.74, 6) is 0.328. The zero-order valence-electron chi connectivity index (χ0n) is 16.0. The molecule has 0 bridgehead atoms. The maximum Gasteiger partial charge on any atom is 0.132 e. The van der Waals surface area contributed by atoms with Gasteiger partial charge in [-0.25, -0.2) is 4.98 Å². The zero-order chi connectivity index (χ0) is 19.1. The molecule has 2 heterocycles. The Kier molecular flexibility index (Phi) is 9.60. The number of nitrogens with zero attached hydrogens (tertiary/aromatic N) is 2. The third-order valence-electron chi connectivity index (χ3n) is 4.47. The van der Waals surface area contributed by atoms with Gasteiger partial charge in [-0.1, -0.05) is 31.4 Å². The number of nitrogens with one attached hydrogen (secondary N) is 2. The molecule has 2 rings (SSSR count).